The molecule has 0 aliphatic heterocycles. The smallest absolute Gasteiger partial charge is 0.0721 e. The molecule has 1 aromatic rings. The number of hydrogen-bond donors (Lipinski definition) is 1. The van der Waals surface area contributed by atoms with Crippen LogP contribution >= 0.6 is 0 Å². The molecule has 0 unspecified atom stereocenters. The lowest BCUT2D eigenvalue weighted by molar-refractivity contribution is 0.0312. The molecule has 0 saturated carbocycles. The minimum atomic E-state index is 0.585. The van der Waals surface area contributed by atoms with Gasteiger partial charge in [0.25, 0.3) is 0 Å². The van der Waals surface area contributed by atoms with Gasteiger partial charge in [-0.25, -0.2) is 0 Å². The predicted molar refractivity (Wildman–Crippen MR) is 74.5 cm³/mol. The van der Waals surface area contributed by atoms with E-state index < -0.39 is 0 Å². The summed E-state index contributed by atoms with van der Waals surface area (Å²) < 4.78 is 11.1. The highest BCUT2D eigenvalue weighted by atomic mass is 16.5. The van der Waals surface area contributed by atoms with Gasteiger partial charge in [-0.2, -0.15) is 0 Å². The average Bonchev–Trinajstić information content (AvgIpc) is 2.35. The fraction of sp³-hybridized carbons (Fsp3) is 0.600. The van der Waals surface area contributed by atoms with E-state index in [4.69, 9.17) is 9.47 Å². The molecule has 0 radical (unpaired) electrons. The molecule has 0 saturated heterocycles. The Hall–Kier alpha value is -0.900. The van der Waals surface area contributed by atoms with E-state index in [2.05, 4.69) is 37.4 Å². The van der Waals surface area contributed by atoms with Crippen LogP contribution in [-0.4, -0.2) is 26.9 Å². The number of benzene rings is 1. The summed E-state index contributed by atoms with van der Waals surface area (Å²) >= 11 is 0. The molecule has 0 bridgehead atoms. The van der Waals surface area contributed by atoms with E-state index >= 15 is 0 Å². The molecule has 1 rings (SSSR count). The molecule has 0 heterocycles. The Morgan fingerprint density at radius 3 is 2.39 bits per heavy atom. The standard InChI is InChI=1S/C15H25NO2/c1-13(2)11-17-8-9-18-12-15-7-5-4-6-14(15)10-16-3/h4-7,13,16H,8-12H2,1-3H3. The molecule has 0 spiro atoms. The van der Waals surface area contributed by atoms with Gasteiger partial charge < -0.3 is 14.8 Å². The molecular formula is C15H25NO2. The van der Waals surface area contributed by atoms with Crippen LogP contribution in [0.4, 0.5) is 0 Å². The molecule has 1 N–H and O–H groups in total. The molecule has 0 amide bonds. The van der Waals surface area contributed by atoms with E-state index in [1.807, 2.05) is 13.1 Å². The number of ether oxygens (including phenoxy) is 2. The predicted octanol–water partition coefficient (Wildman–Crippen LogP) is 2.60. The van der Waals surface area contributed by atoms with Crippen molar-refractivity contribution in [1.82, 2.24) is 5.32 Å². The Morgan fingerprint density at radius 2 is 1.72 bits per heavy atom. The van der Waals surface area contributed by atoms with Crippen molar-refractivity contribution in [2.45, 2.75) is 27.0 Å². The maximum atomic E-state index is 5.64. The summed E-state index contributed by atoms with van der Waals surface area (Å²) in [6.07, 6.45) is 0. The quantitative estimate of drug-likeness (QED) is 0.684. The molecule has 1 aromatic carbocycles. The first kappa shape index (κ1) is 15.2. The van der Waals surface area contributed by atoms with Gasteiger partial charge in [0, 0.05) is 13.2 Å². The third-order valence-corrected chi connectivity index (χ3v) is 2.57. The Labute approximate surface area is 110 Å². The summed E-state index contributed by atoms with van der Waals surface area (Å²) in [6.45, 7) is 7.96. The first-order valence-corrected chi connectivity index (χ1v) is 6.61. The van der Waals surface area contributed by atoms with Crippen molar-refractivity contribution in [3.63, 3.8) is 0 Å². The number of hydrogen-bond acceptors (Lipinski definition) is 3. The van der Waals surface area contributed by atoms with Crippen molar-refractivity contribution in [2.75, 3.05) is 26.9 Å². The molecule has 0 aliphatic carbocycles. The molecule has 102 valence electrons. The van der Waals surface area contributed by atoms with Gasteiger partial charge in [-0.15, -0.1) is 0 Å². The van der Waals surface area contributed by atoms with Gasteiger partial charge in [0.2, 0.25) is 0 Å². The van der Waals surface area contributed by atoms with Crippen molar-refractivity contribution in [1.29, 1.82) is 0 Å². The van der Waals surface area contributed by atoms with Crippen LogP contribution in [0, 0.1) is 5.92 Å². The molecular weight excluding hydrogens is 226 g/mol. The second kappa shape index (κ2) is 9.09. The molecule has 18 heavy (non-hydrogen) atoms. The Morgan fingerprint density at radius 1 is 1.06 bits per heavy atom. The first-order valence-electron chi connectivity index (χ1n) is 6.61. The monoisotopic (exact) mass is 251 g/mol. The topological polar surface area (TPSA) is 30.5 Å². The second-order valence-electron chi connectivity index (χ2n) is 4.82. The third kappa shape index (κ3) is 6.15. The summed E-state index contributed by atoms with van der Waals surface area (Å²) in [5, 5.41) is 3.17. The molecule has 0 atom stereocenters. The SMILES string of the molecule is CNCc1ccccc1COCCOCC(C)C. The van der Waals surface area contributed by atoms with Crippen LogP contribution in [-0.2, 0) is 22.6 Å². The van der Waals surface area contributed by atoms with E-state index in [0.29, 0.717) is 25.7 Å². The fourth-order valence-electron chi connectivity index (χ4n) is 1.68. The van der Waals surface area contributed by atoms with Crippen molar-refractivity contribution in [2.24, 2.45) is 5.92 Å². The number of nitrogens with one attached hydrogen (secondary N) is 1. The normalized spacial score (nSPS) is 11.1. The van der Waals surface area contributed by atoms with E-state index in [1.165, 1.54) is 11.1 Å². The van der Waals surface area contributed by atoms with Crippen molar-refractivity contribution in [3.8, 4) is 0 Å². The lowest BCUT2D eigenvalue weighted by Crippen LogP contribution is -2.11. The van der Waals surface area contributed by atoms with E-state index in [0.717, 1.165) is 13.2 Å². The van der Waals surface area contributed by atoms with Gasteiger partial charge in [0.1, 0.15) is 0 Å². The van der Waals surface area contributed by atoms with Gasteiger partial charge in [-0.05, 0) is 24.1 Å². The highest BCUT2D eigenvalue weighted by Crippen LogP contribution is 2.09. The van der Waals surface area contributed by atoms with Gasteiger partial charge in [0.05, 0.1) is 19.8 Å². The maximum absolute atomic E-state index is 5.64. The Balaban J connectivity index is 2.22. The van der Waals surface area contributed by atoms with Gasteiger partial charge in [-0.1, -0.05) is 38.1 Å². The summed E-state index contributed by atoms with van der Waals surface area (Å²) in [5.41, 5.74) is 2.54. The maximum Gasteiger partial charge on any atom is 0.0721 e. The van der Waals surface area contributed by atoms with Crippen LogP contribution in [0.15, 0.2) is 24.3 Å². The second-order valence-corrected chi connectivity index (χ2v) is 4.82. The Bertz CT molecular complexity index is 326. The zero-order chi connectivity index (χ0) is 13.2. The highest BCUT2D eigenvalue weighted by molar-refractivity contribution is 5.26. The van der Waals surface area contributed by atoms with Crippen LogP contribution in [0.3, 0.4) is 0 Å². The van der Waals surface area contributed by atoms with Crippen LogP contribution < -0.4 is 5.32 Å². The van der Waals surface area contributed by atoms with Gasteiger partial charge >= 0.3 is 0 Å². The van der Waals surface area contributed by atoms with Crippen LogP contribution in [0.5, 0.6) is 0 Å². The molecule has 0 aliphatic rings. The largest absolute Gasteiger partial charge is 0.379 e. The average molecular weight is 251 g/mol. The molecule has 0 aromatic heterocycles. The summed E-state index contributed by atoms with van der Waals surface area (Å²) in [4.78, 5) is 0. The fourth-order valence-corrected chi connectivity index (χ4v) is 1.68. The third-order valence-electron chi connectivity index (χ3n) is 2.57. The molecule has 0 fully saturated rings. The Kier molecular flexibility index (Phi) is 7.65. The molecule has 3 nitrogen and oxygen atoms in total. The summed E-state index contributed by atoms with van der Waals surface area (Å²) in [6, 6.07) is 8.35. The van der Waals surface area contributed by atoms with Crippen molar-refractivity contribution >= 4 is 0 Å². The minimum Gasteiger partial charge on any atom is -0.379 e. The summed E-state index contributed by atoms with van der Waals surface area (Å²) in [5.74, 6) is 0.585. The van der Waals surface area contributed by atoms with Crippen molar-refractivity contribution < 1.29 is 9.47 Å². The zero-order valence-corrected chi connectivity index (χ0v) is 11.7. The van der Waals surface area contributed by atoms with E-state index in [1.54, 1.807) is 0 Å². The minimum absolute atomic E-state index is 0.585. The lowest BCUT2D eigenvalue weighted by Gasteiger charge is -2.10. The zero-order valence-electron chi connectivity index (χ0n) is 11.7. The van der Waals surface area contributed by atoms with Crippen LogP contribution in [0.1, 0.15) is 25.0 Å². The number of rotatable bonds is 9. The van der Waals surface area contributed by atoms with Gasteiger partial charge in [-0.3, -0.25) is 0 Å². The van der Waals surface area contributed by atoms with Crippen molar-refractivity contribution in [3.05, 3.63) is 35.4 Å². The first-order chi connectivity index (χ1) is 8.74. The van der Waals surface area contributed by atoms with Crippen LogP contribution in [0.2, 0.25) is 0 Å². The van der Waals surface area contributed by atoms with E-state index in [9.17, 15) is 0 Å². The highest BCUT2D eigenvalue weighted by Gasteiger charge is 2.01. The van der Waals surface area contributed by atoms with E-state index in [-0.39, 0.29) is 0 Å². The lowest BCUT2D eigenvalue weighted by atomic mass is 10.1. The summed E-state index contributed by atoms with van der Waals surface area (Å²) in [7, 11) is 1.96. The van der Waals surface area contributed by atoms with Gasteiger partial charge in [0.15, 0.2) is 0 Å². The van der Waals surface area contributed by atoms with Crippen LogP contribution in [0.25, 0.3) is 0 Å². The molecule has 3 heteroatoms.